The number of H-pyrrole nitrogens is 1. The first-order valence-electron chi connectivity index (χ1n) is 4.25. The minimum absolute atomic E-state index is 0.271. The molecule has 0 bridgehead atoms. The molecule has 2 aromatic rings. The third kappa shape index (κ3) is 2.70. The van der Waals surface area contributed by atoms with Gasteiger partial charge in [-0.3, -0.25) is 0 Å². The van der Waals surface area contributed by atoms with Crippen molar-refractivity contribution in [2.24, 2.45) is 0 Å². The lowest BCUT2D eigenvalue weighted by Crippen LogP contribution is -1.91. The molecule has 2 rings (SSSR count). The van der Waals surface area contributed by atoms with Gasteiger partial charge in [0.2, 0.25) is 0 Å². The van der Waals surface area contributed by atoms with Crippen LogP contribution in [0.1, 0.15) is 0 Å². The van der Waals surface area contributed by atoms with Crippen molar-refractivity contribution in [1.29, 1.82) is 0 Å². The van der Waals surface area contributed by atoms with Gasteiger partial charge in [0.25, 0.3) is 0 Å². The van der Waals surface area contributed by atoms with E-state index in [2.05, 4.69) is 44.7 Å². The Kier molecular flexibility index (Phi) is 4.18. The first-order valence-corrected chi connectivity index (χ1v) is 7.39. The summed E-state index contributed by atoms with van der Waals surface area (Å²) in [4.78, 5) is 2.93. The normalized spacial score (nSPS) is 11.9. The Hall–Kier alpha value is -0.0400. The molecule has 17 heavy (non-hydrogen) atoms. The van der Waals surface area contributed by atoms with Crippen molar-refractivity contribution in [1.82, 2.24) is 4.98 Å². The molecule has 92 valence electrons. The Bertz CT molecular complexity index is 582. The number of fused-ring (bicyclic) bond motifs is 1. The van der Waals surface area contributed by atoms with Crippen molar-refractivity contribution in [3.05, 3.63) is 29.4 Å². The van der Waals surface area contributed by atoms with E-state index in [0.717, 1.165) is 5.52 Å². The van der Waals surface area contributed by atoms with Crippen molar-refractivity contribution in [3.8, 4) is 5.75 Å². The topological polar surface area (TPSA) is 60.6 Å². The predicted molar refractivity (Wildman–Crippen MR) is 71.6 cm³/mol. The molecular formula is C8H5Br2ClNO4P. The average molecular weight is 405 g/mol. The third-order valence-corrected chi connectivity index (χ3v) is 5.20. The Balaban J connectivity index is 2.47. The molecule has 1 aromatic heterocycles. The second-order valence-corrected chi connectivity index (χ2v) is 6.49. The Morgan fingerprint density at radius 2 is 2.00 bits per heavy atom. The van der Waals surface area contributed by atoms with Gasteiger partial charge in [-0.15, -0.1) is 0 Å². The van der Waals surface area contributed by atoms with Crippen LogP contribution in [0.5, 0.6) is 5.75 Å². The average Bonchev–Trinajstić information content (AvgIpc) is 2.73. The van der Waals surface area contributed by atoms with E-state index in [1.54, 1.807) is 12.1 Å². The van der Waals surface area contributed by atoms with Crippen LogP contribution in [0.2, 0.25) is 5.02 Å². The van der Waals surface area contributed by atoms with Gasteiger partial charge in [0, 0.05) is 6.20 Å². The van der Waals surface area contributed by atoms with Gasteiger partial charge in [-0.1, -0.05) is 17.7 Å². The molecule has 0 aliphatic rings. The standard InChI is InChI=1S/C8H5Br2ClNO4P/c9-15-17(13,16-10)14-7-4-12-6-3-1-2-5(11)8(6)7/h1-4,12H. The molecule has 5 nitrogen and oxygen atoms in total. The second-order valence-electron chi connectivity index (χ2n) is 2.99. The summed E-state index contributed by atoms with van der Waals surface area (Å²) in [6, 6.07) is 5.29. The van der Waals surface area contributed by atoms with Crippen LogP contribution in [0.4, 0.5) is 0 Å². The number of benzene rings is 1. The highest BCUT2D eigenvalue weighted by Gasteiger charge is 2.29. The van der Waals surface area contributed by atoms with Crippen LogP contribution in [0.15, 0.2) is 24.4 Å². The van der Waals surface area contributed by atoms with Gasteiger partial charge in [-0.2, -0.15) is 7.23 Å². The lowest BCUT2D eigenvalue weighted by Gasteiger charge is -2.10. The number of nitrogens with one attached hydrogen (secondary N) is 1. The molecule has 0 radical (unpaired) electrons. The molecular weight excluding hydrogens is 400 g/mol. The molecule has 0 atom stereocenters. The van der Waals surface area contributed by atoms with Gasteiger partial charge in [0.1, 0.15) is 32.5 Å². The molecule has 9 heteroatoms. The van der Waals surface area contributed by atoms with Crippen molar-refractivity contribution in [2.75, 3.05) is 0 Å². The van der Waals surface area contributed by atoms with E-state index in [9.17, 15) is 4.57 Å². The summed E-state index contributed by atoms with van der Waals surface area (Å²) in [7, 11) is -3.74. The van der Waals surface area contributed by atoms with Crippen molar-refractivity contribution in [2.45, 2.75) is 0 Å². The molecule has 0 unspecified atom stereocenters. The van der Waals surface area contributed by atoms with E-state index in [1.165, 1.54) is 6.20 Å². The van der Waals surface area contributed by atoms with Crippen LogP contribution in [-0.4, -0.2) is 4.98 Å². The van der Waals surface area contributed by atoms with Gasteiger partial charge in [-0.05, 0) is 12.1 Å². The first kappa shape index (κ1) is 13.4. The highest BCUT2D eigenvalue weighted by Crippen LogP contribution is 2.54. The smallest absolute Gasteiger partial charge is 0.401 e. The van der Waals surface area contributed by atoms with Crippen LogP contribution in [-0.2, 0) is 11.8 Å². The summed E-state index contributed by atoms with van der Waals surface area (Å²) in [5, 5.41) is 1.07. The number of hydrogen-bond donors (Lipinski definition) is 1. The number of phosphoric acid groups is 1. The van der Waals surface area contributed by atoms with Gasteiger partial charge in [0.05, 0.1) is 15.9 Å². The quantitative estimate of drug-likeness (QED) is 0.731. The Labute approximate surface area is 119 Å². The molecule has 1 aromatic carbocycles. The molecule has 0 aliphatic heterocycles. The minimum Gasteiger partial charge on any atom is -0.401 e. The summed E-state index contributed by atoms with van der Waals surface area (Å²) in [5.41, 5.74) is 0.753. The Morgan fingerprint density at radius 1 is 1.29 bits per heavy atom. The number of halogens is 3. The highest BCUT2D eigenvalue weighted by molar-refractivity contribution is 9.07. The van der Waals surface area contributed by atoms with Crippen molar-refractivity contribution < 1.29 is 16.3 Å². The third-order valence-electron chi connectivity index (χ3n) is 2.00. The second kappa shape index (κ2) is 5.30. The monoisotopic (exact) mass is 403 g/mol. The summed E-state index contributed by atoms with van der Waals surface area (Å²) in [6.45, 7) is 0. The number of rotatable bonds is 4. The number of hydrogen-bond acceptors (Lipinski definition) is 4. The summed E-state index contributed by atoms with van der Waals surface area (Å²) >= 11 is 11.2. The SMILES string of the molecule is O=P(OBr)(OBr)Oc1c[nH]c2cccc(Cl)c12. The van der Waals surface area contributed by atoms with Gasteiger partial charge in [-0.25, -0.2) is 4.57 Å². The number of aromatic nitrogens is 1. The lowest BCUT2D eigenvalue weighted by atomic mass is 10.2. The first-order chi connectivity index (χ1) is 8.09. The maximum absolute atomic E-state index is 11.8. The fourth-order valence-electron chi connectivity index (χ4n) is 1.34. The predicted octanol–water partition coefficient (Wildman–Crippen LogP) is 4.96. The zero-order valence-electron chi connectivity index (χ0n) is 8.02. The zero-order valence-corrected chi connectivity index (χ0v) is 12.8. The van der Waals surface area contributed by atoms with E-state index in [4.69, 9.17) is 16.1 Å². The van der Waals surface area contributed by atoms with Crippen LogP contribution in [0.25, 0.3) is 10.9 Å². The van der Waals surface area contributed by atoms with E-state index in [1.807, 2.05) is 6.07 Å². The van der Waals surface area contributed by atoms with E-state index in [-0.39, 0.29) is 5.75 Å². The summed E-state index contributed by atoms with van der Waals surface area (Å²) < 4.78 is 25.8. The fraction of sp³-hybridized carbons (Fsp3) is 0. The van der Waals surface area contributed by atoms with E-state index < -0.39 is 7.82 Å². The maximum atomic E-state index is 11.8. The van der Waals surface area contributed by atoms with Crippen LogP contribution in [0, 0.1) is 0 Å². The molecule has 1 heterocycles. The fourth-order valence-corrected chi connectivity index (χ4v) is 3.26. The molecule has 0 fully saturated rings. The van der Waals surface area contributed by atoms with Gasteiger partial charge in [0.15, 0.2) is 5.75 Å². The van der Waals surface area contributed by atoms with Gasteiger partial charge >= 0.3 is 7.82 Å². The van der Waals surface area contributed by atoms with Crippen LogP contribution >= 0.6 is 51.9 Å². The highest BCUT2D eigenvalue weighted by atomic mass is 79.9. The molecule has 0 spiro atoms. The van der Waals surface area contributed by atoms with Gasteiger partial charge < -0.3 is 9.51 Å². The number of aromatic amines is 1. The minimum atomic E-state index is -3.74. The van der Waals surface area contributed by atoms with Crippen molar-refractivity contribution >= 4 is 62.8 Å². The largest absolute Gasteiger partial charge is 0.552 e. The maximum Gasteiger partial charge on any atom is 0.552 e. The summed E-state index contributed by atoms with van der Waals surface area (Å²) in [5.74, 6) is 0.271. The van der Waals surface area contributed by atoms with Crippen LogP contribution in [0.3, 0.4) is 0 Å². The molecule has 0 saturated heterocycles. The zero-order chi connectivity index (χ0) is 12.5. The van der Waals surface area contributed by atoms with Crippen LogP contribution < -0.4 is 4.52 Å². The summed E-state index contributed by atoms with van der Waals surface area (Å²) in [6.07, 6.45) is 1.52. The lowest BCUT2D eigenvalue weighted by molar-refractivity contribution is 0.344. The molecule has 0 aliphatic carbocycles. The molecule has 0 amide bonds. The molecule has 0 saturated carbocycles. The van der Waals surface area contributed by atoms with Crippen molar-refractivity contribution in [3.63, 3.8) is 0 Å². The van der Waals surface area contributed by atoms with E-state index in [0.29, 0.717) is 10.4 Å². The Morgan fingerprint density at radius 3 is 2.65 bits per heavy atom. The van der Waals surface area contributed by atoms with E-state index >= 15 is 0 Å². The molecule has 1 N–H and O–H groups in total.